The van der Waals surface area contributed by atoms with Crippen LogP contribution in [-0.4, -0.2) is 26.7 Å². The molecule has 2 rings (SSSR count). The van der Waals surface area contributed by atoms with Crippen molar-refractivity contribution in [1.29, 1.82) is 0 Å². The predicted molar refractivity (Wildman–Crippen MR) is 118 cm³/mol. The van der Waals surface area contributed by atoms with Crippen LogP contribution >= 0.6 is 24.0 Å². The fraction of sp³-hybridized carbons (Fsp3) is 0.350. The van der Waals surface area contributed by atoms with Gasteiger partial charge < -0.3 is 20.1 Å². The number of nitrogens with one attached hydrogen (secondary N) is 2. The molecular weight excluding hydrogens is 460 g/mol. The van der Waals surface area contributed by atoms with Gasteiger partial charge >= 0.3 is 0 Å². The molecule has 0 aromatic heterocycles. The van der Waals surface area contributed by atoms with Gasteiger partial charge in [-0.05, 0) is 37.1 Å². The van der Waals surface area contributed by atoms with Crippen LogP contribution in [0.15, 0.2) is 41.4 Å². The van der Waals surface area contributed by atoms with E-state index in [4.69, 9.17) is 9.47 Å². The van der Waals surface area contributed by atoms with E-state index in [1.165, 1.54) is 6.07 Å². The van der Waals surface area contributed by atoms with E-state index in [0.29, 0.717) is 36.1 Å². The first kappa shape index (κ1) is 23.0. The number of aliphatic imine (C=N–C) groups is 1. The SMILES string of the molecule is CCNC(=NCc1ccc(C)c(F)c1)NCc1cccc(OC)c1OC.I. The van der Waals surface area contributed by atoms with Gasteiger partial charge in [-0.2, -0.15) is 0 Å². The van der Waals surface area contributed by atoms with E-state index in [-0.39, 0.29) is 29.8 Å². The summed E-state index contributed by atoms with van der Waals surface area (Å²) < 4.78 is 24.4. The zero-order chi connectivity index (χ0) is 18.9. The summed E-state index contributed by atoms with van der Waals surface area (Å²) in [4.78, 5) is 4.52. The third-order valence-electron chi connectivity index (χ3n) is 3.93. The lowest BCUT2D eigenvalue weighted by Crippen LogP contribution is -2.36. The van der Waals surface area contributed by atoms with E-state index >= 15 is 0 Å². The zero-order valence-electron chi connectivity index (χ0n) is 16.1. The molecule has 0 atom stereocenters. The van der Waals surface area contributed by atoms with E-state index < -0.39 is 0 Å². The highest BCUT2D eigenvalue weighted by atomic mass is 127. The average Bonchev–Trinajstić information content (AvgIpc) is 2.66. The Bertz CT molecular complexity index is 769. The molecule has 0 amide bonds. The van der Waals surface area contributed by atoms with Crippen LogP contribution in [-0.2, 0) is 13.1 Å². The molecule has 2 aromatic carbocycles. The minimum Gasteiger partial charge on any atom is -0.493 e. The summed E-state index contributed by atoms with van der Waals surface area (Å²) >= 11 is 0. The van der Waals surface area contributed by atoms with E-state index in [1.54, 1.807) is 27.2 Å². The summed E-state index contributed by atoms with van der Waals surface area (Å²) in [6, 6.07) is 10.9. The summed E-state index contributed by atoms with van der Waals surface area (Å²) in [6.45, 7) is 5.38. The molecule has 0 spiro atoms. The van der Waals surface area contributed by atoms with Crippen molar-refractivity contribution in [3.63, 3.8) is 0 Å². The Morgan fingerprint density at radius 2 is 1.89 bits per heavy atom. The Kier molecular flexibility index (Phi) is 9.92. The van der Waals surface area contributed by atoms with Crippen LogP contribution in [0.3, 0.4) is 0 Å². The maximum Gasteiger partial charge on any atom is 0.191 e. The number of para-hydroxylation sites is 1. The lowest BCUT2D eigenvalue weighted by Gasteiger charge is -2.15. The standard InChI is InChI=1S/C20H26FN3O2.HI/c1-5-22-20(23-12-15-10-9-14(2)17(21)11-15)24-13-16-7-6-8-18(25-3)19(16)26-4;/h6-11H,5,12-13H2,1-4H3,(H2,22,23,24);1H. The van der Waals surface area contributed by atoms with Crippen LogP contribution < -0.4 is 20.1 Å². The second-order valence-electron chi connectivity index (χ2n) is 5.78. The average molecular weight is 487 g/mol. The van der Waals surface area contributed by atoms with Gasteiger partial charge in [0.05, 0.1) is 20.8 Å². The first-order chi connectivity index (χ1) is 12.6. The summed E-state index contributed by atoms with van der Waals surface area (Å²) in [7, 11) is 3.23. The molecule has 0 aliphatic heterocycles. The molecule has 7 heteroatoms. The van der Waals surface area contributed by atoms with Crippen LogP contribution in [0.25, 0.3) is 0 Å². The minimum atomic E-state index is -0.211. The molecule has 0 radical (unpaired) electrons. The van der Waals surface area contributed by atoms with E-state index in [9.17, 15) is 4.39 Å². The van der Waals surface area contributed by atoms with Crippen LogP contribution in [0.2, 0.25) is 0 Å². The monoisotopic (exact) mass is 487 g/mol. The summed E-state index contributed by atoms with van der Waals surface area (Å²) in [6.07, 6.45) is 0. The Balaban J connectivity index is 0.00000364. The Morgan fingerprint density at radius 1 is 1.11 bits per heavy atom. The predicted octanol–water partition coefficient (Wildman–Crippen LogP) is 4.02. The molecule has 148 valence electrons. The highest BCUT2D eigenvalue weighted by Crippen LogP contribution is 2.30. The number of nitrogens with zero attached hydrogens (tertiary/aromatic N) is 1. The van der Waals surface area contributed by atoms with Crippen molar-refractivity contribution in [2.24, 2.45) is 4.99 Å². The van der Waals surface area contributed by atoms with Crippen molar-refractivity contribution in [1.82, 2.24) is 10.6 Å². The minimum absolute atomic E-state index is 0. The van der Waals surface area contributed by atoms with Gasteiger partial charge in [-0.1, -0.05) is 24.3 Å². The van der Waals surface area contributed by atoms with Gasteiger partial charge in [0.25, 0.3) is 0 Å². The number of methoxy groups -OCH3 is 2. The third-order valence-corrected chi connectivity index (χ3v) is 3.93. The van der Waals surface area contributed by atoms with Crippen LogP contribution in [0, 0.1) is 12.7 Å². The third kappa shape index (κ3) is 6.57. The summed E-state index contributed by atoms with van der Waals surface area (Å²) in [5.41, 5.74) is 2.41. The first-order valence-corrected chi connectivity index (χ1v) is 8.56. The van der Waals surface area contributed by atoms with Crippen molar-refractivity contribution < 1.29 is 13.9 Å². The van der Waals surface area contributed by atoms with Crippen LogP contribution in [0.1, 0.15) is 23.6 Å². The lowest BCUT2D eigenvalue weighted by molar-refractivity contribution is 0.351. The highest BCUT2D eigenvalue weighted by molar-refractivity contribution is 14.0. The molecule has 0 saturated heterocycles. The van der Waals surface area contributed by atoms with Gasteiger partial charge in [-0.15, -0.1) is 24.0 Å². The van der Waals surface area contributed by atoms with Gasteiger partial charge in [0.1, 0.15) is 5.82 Å². The van der Waals surface area contributed by atoms with Gasteiger partial charge in [-0.3, -0.25) is 0 Å². The normalized spacial score (nSPS) is 10.8. The fourth-order valence-electron chi connectivity index (χ4n) is 2.52. The Hall–Kier alpha value is -2.03. The van der Waals surface area contributed by atoms with Crippen molar-refractivity contribution >= 4 is 29.9 Å². The number of hydrogen-bond acceptors (Lipinski definition) is 3. The molecular formula is C20H27FIN3O2. The second kappa shape index (κ2) is 11.6. The number of aryl methyl sites for hydroxylation is 1. The van der Waals surface area contributed by atoms with Crippen LogP contribution in [0.4, 0.5) is 4.39 Å². The molecule has 2 N–H and O–H groups in total. The number of hydrogen-bond donors (Lipinski definition) is 2. The topological polar surface area (TPSA) is 54.9 Å². The molecule has 0 aliphatic carbocycles. The molecule has 0 heterocycles. The van der Waals surface area contributed by atoms with Gasteiger partial charge in [0, 0.05) is 18.7 Å². The quantitative estimate of drug-likeness (QED) is 0.352. The van der Waals surface area contributed by atoms with Crippen molar-refractivity contribution in [2.45, 2.75) is 26.9 Å². The first-order valence-electron chi connectivity index (χ1n) is 8.56. The Morgan fingerprint density at radius 3 is 2.52 bits per heavy atom. The molecule has 5 nitrogen and oxygen atoms in total. The number of benzene rings is 2. The zero-order valence-corrected chi connectivity index (χ0v) is 18.5. The molecule has 0 bridgehead atoms. The van der Waals surface area contributed by atoms with Crippen molar-refractivity contribution in [3.8, 4) is 11.5 Å². The molecule has 0 saturated carbocycles. The molecule has 0 fully saturated rings. The van der Waals surface area contributed by atoms with Gasteiger partial charge in [0.15, 0.2) is 17.5 Å². The largest absolute Gasteiger partial charge is 0.493 e. The second-order valence-corrected chi connectivity index (χ2v) is 5.78. The fourth-order valence-corrected chi connectivity index (χ4v) is 2.52. The molecule has 0 unspecified atom stereocenters. The Labute approximate surface area is 177 Å². The van der Waals surface area contributed by atoms with Crippen molar-refractivity contribution in [2.75, 3.05) is 20.8 Å². The van der Waals surface area contributed by atoms with Gasteiger partial charge in [-0.25, -0.2) is 9.38 Å². The van der Waals surface area contributed by atoms with E-state index in [0.717, 1.165) is 17.7 Å². The number of ether oxygens (including phenoxy) is 2. The highest BCUT2D eigenvalue weighted by Gasteiger charge is 2.10. The smallest absolute Gasteiger partial charge is 0.191 e. The van der Waals surface area contributed by atoms with E-state index in [2.05, 4.69) is 15.6 Å². The van der Waals surface area contributed by atoms with E-state index in [1.807, 2.05) is 31.2 Å². The number of guanidine groups is 1. The molecule has 2 aromatic rings. The maximum absolute atomic E-state index is 13.7. The van der Waals surface area contributed by atoms with Crippen LogP contribution in [0.5, 0.6) is 11.5 Å². The molecule has 27 heavy (non-hydrogen) atoms. The molecule has 0 aliphatic rings. The van der Waals surface area contributed by atoms with Gasteiger partial charge in [0.2, 0.25) is 0 Å². The number of halogens is 2. The summed E-state index contributed by atoms with van der Waals surface area (Å²) in [5.74, 6) is 1.82. The lowest BCUT2D eigenvalue weighted by atomic mass is 10.1. The number of rotatable bonds is 7. The summed E-state index contributed by atoms with van der Waals surface area (Å²) in [5, 5.41) is 6.46. The van der Waals surface area contributed by atoms with Crippen molar-refractivity contribution in [3.05, 3.63) is 58.9 Å². The maximum atomic E-state index is 13.7.